The summed E-state index contributed by atoms with van der Waals surface area (Å²) < 4.78 is 0. The van der Waals surface area contributed by atoms with E-state index in [4.69, 9.17) is 10.2 Å². The molecular weight excluding hydrogens is 156 g/mol. The molecule has 0 aliphatic rings. The number of thiol groups is 2. The van der Waals surface area contributed by atoms with Gasteiger partial charge in [-0.25, -0.2) is 0 Å². The lowest BCUT2D eigenvalue weighted by molar-refractivity contribution is 0.221. The Morgan fingerprint density at radius 2 is 1.22 bits per heavy atom. The summed E-state index contributed by atoms with van der Waals surface area (Å²) >= 11 is 7.69. The number of rotatable bonds is 3. The van der Waals surface area contributed by atoms with Crippen molar-refractivity contribution in [3.63, 3.8) is 0 Å². The summed E-state index contributed by atoms with van der Waals surface area (Å²) in [5.41, 5.74) is 0. The van der Waals surface area contributed by atoms with E-state index in [0.717, 1.165) is 11.5 Å². The van der Waals surface area contributed by atoms with Crippen molar-refractivity contribution >= 4 is 25.3 Å². The molecule has 0 heterocycles. The first-order valence-corrected chi connectivity index (χ1v) is 4.03. The Balaban J connectivity index is 0. The van der Waals surface area contributed by atoms with E-state index in [1.807, 2.05) is 0 Å². The van der Waals surface area contributed by atoms with Crippen molar-refractivity contribution in [2.45, 2.75) is 6.42 Å². The van der Waals surface area contributed by atoms with Gasteiger partial charge in [0.1, 0.15) is 0 Å². The molecule has 2 N–H and O–H groups in total. The molecule has 0 fully saturated rings. The van der Waals surface area contributed by atoms with Crippen LogP contribution >= 0.6 is 25.3 Å². The molecule has 0 aliphatic carbocycles. The fraction of sp³-hybridized carbons (Fsp3) is 1.00. The molecule has 0 rings (SSSR count). The zero-order valence-corrected chi connectivity index (χ0v) is 7.11. The van der Waals surface area contributed by atoms with E-state index in [9.17, 15) is 0 Å². The number of hydrogen-bond donors (Lipinski definition) is 4. The summed E-state index contributed by atoms with van der Waals surface area (Å²) in [6, 6.07) is 0. The zero-order chi connectivity index (χ0) is 7.54. The van der Waals surface area contributed by atoms with Crippen LogP contribution in [-0.4, -0.2) is 34.9 Å². The van der Waals surface area contributed by atoms with E-state index in [-0.39, 0.29) is 13.2 Å². The molecule has 9 heavy (non-hydrogen) atoms. The first-order chi connectivity index (χ1) is 4.33. The van der Waals surface area contributed by atoms with Gasteiger partial charge in [-0.2, -0.15) is 25.3 Å². The Morgan fingerprint density at radius 1 is 0.889 bits per heavy atom. The van der Waals surface area contributed by atoms with Crippen molar-refractivity contribution in [2.24, 2.45) is 0 Å². The van der Waals surface area contributed by atoms with Crippen LogP contribution in [0.4, 0.5) is 0 Å². The molecule has 0 aromatic heterocycles. The van der Waals surface area contributed by atoms with Crippen molar-refractivity contribution in [3.8, 4) is 0 Å². The van der Waals surface area contributed by atoms with E-state index in [0.29, 0.717) is 6.42 Å². The molecule has 0 atom stereocenters. The maximum absolute atomic E-state index is 7.91. The highest BCUT2D eigenvalue weighted by molar-refractivity contribution is 7.84. The van der Waals surface area contributed by atoms with Crippen molar-refractivity contribution in [1.29, 1.82) is 0 Å². The minimum Gasteiger partial charge on any atom is -0.396 e. The van der Waals surface area contributed by atoms with Gasteiger partial charge in [0.05, 0.1) is 0 Å². The van der Waals surface area contributed by atoms with Gasteiger partial charge in [0.25, 0.3) is 0 Å². The van der Waals surface area contributed by atoms with Crippen LogP contribution in [0.25, 0.3) is 0 Å². The van der Waals surface area contributed by atoms with Crippen LogP contribution in [0.15, 0.2) is 0 Å². The lowest BCUT2D eigenvalue weighted by Crippen LogP contribution is -1.85. The van der Waals surface area contributed by atoms with Crippen molar-refractivity contribution in [1.82, 2.24) is 0 Å². The van der Waals surface area contributed by atoms with Crippen molar-refractivity contribution in [2.75, 3.05) is 24.7 Å². The largest absolute Gasteiger partial charge is 0.396 e. The van der Waals surface area contributed by atoms with Crippen LogP contribution in [0, 0.1) is 0 Å². The third kappa shape index (κ3) is 28.8. The van der Waals surface area contributed by atoms with Crippen molar-refractivity contribution in [3.05, 3.63) is 0 Å². The van der Waals surface area contributed by atoms with Crippen LogP contribution in [0.3, 0.4) is 0 Å². The Labute approximate surface area is 67.1 Å². The molecule has 4 heteroatoms. The third-order valence-corrected chi connectivity index (χ3v) is 1.22. The maximum Gasteiger partial charge on any atom is 0.0452 e. The summed E-state index contributed by atoms with van der Waals surface area (Å²) in [5.74, 6) is 1.76. The summed E-state index contributed by atoms with van der Waals surface area (Å²) in [4.78, 5) is 0. The topological polar surface area (TPSA) is 40.5 Å². The van der Waals surface area contributed by atoms with Gasteiger partial charge in [-0.1, -0.05) is 0 Å². The molecule has 0 saturated heterocycles. The minimum atomic E-state index is 0.0938. The molecule has 58 valence electrons. The fourth-order valence-corrected chi connectivity index (χ4v) is 0.0707. The quantitative estimate of drug-likeness (QED) is 0.457. The van der Waals surface area contributed by atoms with Crippen LogP contribution in [0.2, 0.25) is 0 Å². The van der Waals surface area contributed by atoms with Gasteiger partial charge in [-0.3, -0.25) is 0 Å². The smallest absolute Gasteiger partial charge is 0.0452 e. The normalized spacial score (nSPS) is 8.00. The van der Waals surface area contributed by atoms with Gasteiger partial charge in [0.15, 0.2) is 0 Å². The van der Waals surface area contributed by atoms with Crippen LogP contribution in [0.1, 0.15) is 6.42 Å². The molecule has 0 bridgehead atoms. The average Bonchev–Trinajstić information content (AvgIpc) is 1.91. The molecule has 0 saturated carbocycles. The Kier molecular flexibility index (Phi) is 21.7. The van der Waals surface area contributed by atoms with E-state index in [1.54, 1.807) is 0 Å². The predicted octanol–water partition coefficient (Wildman–Crippen LogP) is 0.207. The molecule has 0 unspecified atom stereocenters. The highest BCUT2D eigenvalue weighted by atomic mass is 32.1. The third-order valence-electron chi connectivity index (χ3n) is 0.416. The monoisotopic (exact) mass is 170 g/mol. The molecule has 0 aromatic carbocycles. The highest BCUT2D eigenvalue weighted by Crippen LogP contribution is 1.73. The Morgan fingerprint density at radius 3 is 1.22 bits per heavy atom. The van der Waals surface area contributed by atoms with Gasteiger partial charge >= 0.3 is 0 Å². The van der Waals surface area contributed by atoms with Crippen molar-refractivity contribution < 1.29 is 10.2 Å². The van der Waals surface area contributed by atoms with Gasteiger partial charge < -0.3 is 10.2 Å². The standard InChI is InChI=1S/C3H8O2.C2H6S2/c4-2-1-3-5;3-1-2-4/h4-5H,1-3H2;3-4H,1-2H2. The van der Waals surface area contributed by atoms with E-state index in [1.165, 1.54) is 0 Å². The second-order valence-corrected chi connectivity index (χ2v) is 2.14. The van der Waals surface area contributed by atoms with Gasteiger partial charge in [-0.05, 0) is 17.9 Å². The van der Waals surface area contributed by atoms with Crippen LogP contribution in [-0.2, 0) is 0 Å². The minimum absolute atomic E-state index is 0.0938. The first kappa shape index (κ1) is 12.3. The molecule has 0 aromatic rings. The van der Waals surface area contributed by atoms with Crippen LogP contribution in [0.5, 0.6) is 0 Å². The van der Waals surface area contributed by atoms with E-state index in [2.05, 4.69) is 25.3 Å². The zero-order valence-electron chi connectivity index (χ0n) is 5.32. The summed E-state index contributed by atoms with van der Waals surface area (Å²) in [7, 11) is 0. The molecule has 0 radical (unpaired) electrons. The summed E-state index contributed by atoms with van der Waals surface area (Å²) in [6.45, 7) is 0.188. The lowest BCUT2D eigenvalue weighted by Gasteiger charge is -1.79. The molecule has 0 spiro atoms. The summed E-state index contributed by atoms with van der Waals surface area (Å²) in [5, 5.41) is 15.8. The van der Waals surface area contributed by atoms with Crippen LogP contribution < -0.4 is 0 Å². The number of hydrogen-bond acceptors (Lipinski definition) is 4. The fourth-order valence-electron chi connectivity index (χ4n) is 0.0707. The highest BCUT2D eigenvalue weighted by Gasteiger charge is 1.70. The van der Waals surface area contributed by atoms with Gasteiger partial charge in [0.2, 0.25) is 0 Å². The maximum atomic E-state index is 7.91. The SMILES string of the molecule is OCCCO.SCCS. The number of aliphatic hydroxyl groups is 2. The molecular formula is C5H14O2S2. The predicted molar refractivity (Wildman–Crippen MR) is 46.5 cm³/mol. The van der Waals surface area contributed by atoms with E-state index >= 15 is 0 Å². The van der Waals surface area contributed by atoms with Gasteiger partial charge in [-0.15, -0.1) is 0 Å². The lowest BCUT2D eigenvalue weighted by atomic mass is 10.5. The number of aliphatic hydroxyl groups excluding tert-OH is 2. The molecule has 2 nitrogen and oxygen atoms in total. The second kappa shape index (κ2) is 15.8. The van der Waals surface area contributed by atoms with E-state index < -0.39 is 0 Å². The Bertz CT molecular complexity index is 32.1. The average molecular weight is 170 g/mol. The second-order valence-electron chi connectivity index (χ2n) is 1.25. The first-order valence-electron chi connectivity index (χ1n) is 2.76. The summed E-state index contributed by atoms with van der Waals surface area (Å²) in [6.07, 6.45) is 0.500. The Hall–Kier alpha value is 0.620. The molecule has 0 amide bonds. The van der Waals surface area contributed by atoms with Gasteiger partial charge in [0, 0.05) is 13.2 Å². The molecule has 0 aliphatic heterocycles.